The first-order valence-corrected chi connectivity index (χ1v) is 6.71. The van der Waals surface area contributed by atoms with Crippen molar-refractivity contribution in [2.75, 3.05) is 0 Å². The minimum Gasteiger partial charge on any atom is -0.456 e. The Morgan fingerprint density at radius 3 is 2.46 bits per heavy atom. The number of alkyl halides is 3. The molecule has 0 aliphatic heterocycles. The number of benzene rings is 2. The molecule has 0 saturated carbocycles. The molecule has 0 saturated heterocycles. The summed E-state index contributed by atoms with van der Waals surface area (Å²) >= 11 is 5.77. The van der Waals surface area contributed by atoms with Gasteiger partial charge in [-0.2, -0.15) is 18.1 Å². The first-order valence-electron chi connectivity index (χ1n) is 6.33. The molecule has 0 spiro atoms. The highest BCUT2D eigenvalue weighted by atomic mass is 35.5. The summed E-state index contributed by atoms with van der Waals surface area (Å²) < 4.78 is 43.1. The van der Waals surface area contributed by atoms with E-state index in [9.17, 15) is 28.2 Å². The number of hydrogen-bond acceptors (Lipinski definition) is 5. The zero-order chi connectivity index (χ0) is 17.9. The molecule has 0 bridgehead atoms. The van der Waals surface area contributed by atoms with E-state index in [4.69, 9.17) is 16.3 Å². The van der Waals surface area contributed by atoms with Crippen molar-refractivity contribution in [3.8, 4) is 11.5 Å². The Kier molecular flexibility index (Phi) is 5.03. The summed E-state index contributed by atoms with van der Waals surface area (Å²) in [7, 11) is 0. The van der Waals surface area contributed by atoms with Gasteiger partial charge in [0.25, 0.3) is 5.69 Å². The molecular formula is C14H8ClF3N2O4. The molecule has 0 fully saturated rings. The van der Waals surface area contributed by atoms with Gasteiger partial charge in [-0.3, -0.25) is 10.1 Å². The Hall–Kier alpha value is -2.68. The molecule has 2 rings (SSSR count). The van der Waals surface area contributed by atoms with Crippen molar-refractivity contribution in [3.05, 3.63) is 67.6 Å². The molecule has 126 valence electrons. The lowest BCUT2D eigenvalue weighted by Gasteiger charge is -2.11. The van der Waals surface area contributed by atoms with E-state index in [1.165, 1.54) is 12.1 Å². The lowest BCUT2D eigenvalue weighted by atomic mass is 10.1. The molecule has 6 nitrogen and oxygen atoms in total. The highest BCUT2D eigenvalue weighted by Gasteiger charge is 2.31. The van der Waals surface area contributed by atoms with Crippen LogP contribution >= 0.6 is 11.6 Å². The summed E-state index contributed by atoms with van der Waals surface area (Å²) in [6.07, 6.45) is -4.54. The average molecular weight is 361 g/mol. The molecule has 2 aromatic rings. The van der Waals surface area contributed by atoms with E-state index in [0.29, 0.717) is 6.07 Å². The average Bonchev–Trinajstić information content (AvgIpc) is 2.48. The van der Waals surface area contributed by atoms with Crippen LogP contribution < -0.4 is 4.74 Å². The minimum absolute atomic E-state index is 0.00975. The zero-order valence-electron chi connectivity index (χ0n) is 11.7. The minimum atomic E-state index is -4.54. The second-order valence-electron chi connectivity index (χ2n) is 4.58. The second-order valence-corrected chi connectivity index (χ2v) is 4.99. The molecule has 0 aliphatic rings. The van der Waals surface area contributed by atoms with Gasteiger partial charge < -0.3 is 4.74 Å². The van der Waals surface area contributed by atoms with Gasteiger partial charge in [-0.1, -0.05) is 16.8 Å². The highest BCUT2D eigenvalue weighted by Crippen LogP contribution is 2.37. The van der Waals surface area contributed by atoms with Crippen molar-refractivity contribution in [1.82, 2.24) is 0 Å². The highest BCUT2D eigenvalue weighted by molar-refractivity contribution is 6.32. The maximum absolute atomic E-state index is 12.6. The Bertz CT molecular complexity index is 796. The Morgan fingerprint density at radius 2 is 1.92 bits per heavy atom. The lowest BCUT2D eigenvalue weighted by Crippen LogP contribution is -2.04. The van der Waals surface area contributed by atoms with Crippen molar-refractivity contribution < 1.29 is 22.8 Å². The first-order chi connectivity index (χ1) is 11.2. The molecule has 0 unspecified atom stereocenters. The van der Waals surface area contributed by atoms with Gasteiger partial charge in [0, 0.05) is 6.07 Å². The van der Waals surface area contributed by atoms with Crippen LogP contribution in [-0.4, -0.2) is 4.92 Å². The summed E-state index contributed by atoms with van der Waals surface area (Å²) in [5, 5.41) is 13.2. The fourth-order valence-electron chi connectivity index (χ4n) is 1.89. The van der Waals surface area contributed by atoms with Gasteiger partial charge in [-0.25, -0.2) is 0 Å². The largest absolute Gasteiger partial charge is 0.456 e. The van der Waals surface area contributed by atoms with E-state index >= 15 is 0 Å². The van der Waals surface area contributed by atoms with E-state index in [1.807, 2.05) is 0 Å². The third kappa shape index (κ3) is 3.99. The molecule has 0 aromatic heterocycles. The van der Waals surface area contributed by atoms with Crippen LogP contribution in [-0.2, 0) is 12.7 Å². The van der Waals surface area contributed by atoms with E-state index in [1.54, 1.807) is 0 Å². The predicted octanol–water partition coefficient (Wildman–Crippen LogP) is 5.33. The van der Waals surface area contributed by atoms with Crippen molar-refractivity contribution in [2.24, 2.45) is 5.18 Å². The second kappa shape index (κ2) is 6.83. The van der Waals surface area contributed by atoms with Crippen LogP contribution in [0.3, 0.4) is 0 Å². The lowest BCUT2D eigenvalue weighted by molar-refractivity contribution is -0.385. The van der Waals surface area contributed by atoms with Crippen LogP contribution in [0.25, 0.3) is 0 Å². The van der Waals surface area contributed by atoms with Crippen LogP contribution in [0.15, 0.2) is 41.6 Å². The maximum Gasteiger partial charge on any atom is 0.416 e. The van der Waals surface area contributed by atoms with Gasteiger partial charge in [0.1, 0.15) is 18.0 Å². The molecule has 0 N–H and O–H groups in total. The van der Waals surface area contributed by atoms with Gasteiger partial charge in [0.05, 0.1) is 21.1 Å². The van der Waals surface area contributed by atoms with Crippen LogP contribution in [0.4, 0.5) is 18.9 Å². The SMILES string of the molecule is O=NCc1cc(Oc2ccc(C(F)(F)F)cc2Cl)ccc1[N+](=O)[O-]. The zero-order valence-corrected chi connectivity index (χ0v) is 12.5. The van der Waals surface area contributed by atoms with Gasteiger partial charge in [0.15, 0.2) is 0 Å². The Labute approximate surface area is 137 Å². The van der Waals surface area contributed by atoms with E-state index in [0.717, 1.165) is 18.2 Å². The van der Waals surface area contributed by atoms with Crippen molar-refractivity contribution in [2.45, 2.75) is 12.7 Å². The van der Waals surface area contributed by atoms with Gasteiger partial charge >= 0.3 is 6.18 Å². The number of rotatable bonds is 5. The fourth-order valence-corrected chi connectivity index (χ4v) is 2.11. The number of hydrogen-bond donors (Lipinski definition) is 0. The quantitative estimate of drug-likeness (QED) is 0.410. The van der Waals surface area contributed by atoms with Crippen LogP contribution in [0.1, 0.15) is 11.1 Å². The van der Waals surface area contributed by atoms with Gasteiger partial charge in [0.2, 0.25) is 0 Å². The van der Waals surface area contributed by atoms with Crippen LogP contribution in [0.2, 0.25) is 5.02 Å². The number of nitroso groups, excluding NO2 is 1. The Balaban J connectivity index is 2.33. The monoisotopic (exact) mass is 360 g/mol. The third-order valence-corrected chi connectivity index (χ3v) is 3.26. The topological polar surface area (TPSA) is 81.8 Å². The normalized spacial score (nSPS) is 11.2. The first kappa shape index (κ1) is 17.7. The number of halogens is 4. The van der Waals surface area contributed by atoms with E-state index in [-0.39, 0.29) is 27.8 Å². The predicted molar refractivity (Wildman–Crippen MR) is 79.1 cm³/mol. The summed E-state index contributed by atoms with van der Waals surface area (Å²) in [6, 6.07) is 6.07. The molecule has 0 amide bonds. The standard InChI is InChI=1S/C14H8ClF3N2O4/c15-11-6-9(14(16,17)18)1-4-13(11)24-10-2-3-12(20(22)23)8(5-10)7-19-21/h1-6H,7H2. The molecule has 0 aliphatic carbocycles. The van der Waals surface area contributed by atoms with Gasteiger partial charge in [-0.05, 0) is 30.3 Å². The molecule has 0 atom stereocenters. The van der Waals surface area contributed by atoms with Crippen molar-refractivity contribution in [1.29, 1.82) is 0 Å². The van der Waals surface area contributed by atoms with E-state index in [2.05, 4.69) is 5.18 Å². The molecule has 0 heterocycles. The molecule has 2 aromatic carbocycles. The molecule has 10 heteroatoms. The van der Waals surface area contributed by atoms with Crippen molar-refractivity contribution >= 4 is 17.3 Å². The maximum atomic E-state index is 12.6. The number of ether oxygens (including phenoxy) is 1. The Morgan fingerprint density at radius 1 is 1.21 bits per heavy atom. The summed E-state index contributed by atoms with van der Waals surface area (Å²) in [6.45, 7) is -0.450. The molecule has 24 heavy (non-hydrogen) atoms. The summed E-state index contributed by atoms with van der Waals surface area (Å²) in [5.41, 5.74) is -1.25. The number of nitrogens with zero attached hydrogens (tertiary/aromatic N) is 2. The van der Waals surface area contributed by atoms with Crippen LogP contribution in [0.5, 0.6) is 11.5 Å². The van der Waals surface area contributed by atoms with Crippen LogP contribution in [0, 0.1) is 15.0 Å². The van der Waals surface area contributed by atoms with Crippen molar-refractivity contribution in [3.63, 3.8) is 0 Å². The summed E-state index contributed by atoms with van der Waals surface area (Å²) in [5.74, 6) is 0.00411. The number of nitro benzene ring substituents is 1. The number of nitro groups is 1. The van der Waals surface area contributed by atoms with Gasteiger partial charge in [-0.15, -0.1) is 0 Å². The van der Waals surface area contributed by atoms with E-state index < -0.39 is 23.2 Å². The smallest absolute Gasteiger partial charge is 0.416 e. The fraction of sp³-hybridized carbons (Fsp3) is 0.143. The molecular weight excluding hydrogens is 353 g/mol. The molecule has 0 radical (unpaired) electrons. The third-order valence-electron chi connectivity index (χ3n) is 2.97. The summed E-state index contributed by atoms with van der Waals surface area (Å²) in [4.78, 5) is 20.5.